The Balaban J connectivity index is 1.91. The molecule has 128 valence electrons. The summed E-state index contributed by atoms with van der Waals surface area (Å²) in [6.07, 6.45) is -3.04. The highest BCUT2D eigenvalue weighted by molar-refractivity contribution is 7.92. The number of Topliss-reactive ketones (excluding diaryl/α,β-unsaturated/α-hetero) is 1. The Bertz CT molecular complexity index is 1120. The standard InChI is InChI=1S/C17H10F2O4S2/c18-17(19)16-12(4-5-14-15(16)10(20)8-25(14,21)22)23-11-2-1-3-13-9(11)6-7-24-13/h1-7,17H,8H2. The van der Waals surface area contributed by atoms with E-state index in [0.29, 0.717) is 5.75 Å². The lowest BCUT2D eigenvalue weighted by atomic mass is 10.0. The Hall–Kier alpha value is -2.32. The third kappa shape index (κ3) is 2.52. The molecule has 1 aliphatic heterocycles. The average molecular weight is 380 g/mol. The lowest BCUT2D eigenvalue weighted by Crippen LogP contribution is -2.05. The van der Waals surface area contributed by atoms with E-state index in [4.69, 9.17) is 4.74 Å². The van der Waals surface area contributed by atoms with Crippen LogP contribution in [0.25, 0.3) is 10.1 Å². The number of carbonyl (C=O) groups is 1. The third-order valence-corrected chi connectivity index (χ3v) is 6.53. The van der Waals surface area contributed by atoms with Crippen molar-refractivity contribution < 1.29 is 26.7 Å². The highest BCUT2D eigenvalue weighted by Crippen LogP contribution is 2.42. The Labute approximate surface area is 145 Å². The molecule has 4 nitrogen and oxygen atoms in total. The Kier molecular flexibility index (Phi) is 3.62. The summed E-state index contributed by atoms with van der Waals surface area (Å²) in [6.45, 7) is 0. The van der Waals surface area contributed by atoms with Crippen LogP contribution in [0.4, 0.5) is 8.78 Å². The van der Waals surface area contributed by atoms with Crippen molar-refractivity contribution >= 4 is 37.0 Å². The van der Waals surface area contributed by atoms with Gasteiger partial charge in [0, 0.05) is 15.6 Å². The first kappa shape index (κ1) is 16.2. The molecule has 2 heterocycles. The second-order valence-electron chi connectivity index (χ2n) is 5.52. The summed E-state index contributed by atoms with van der Waals surface area (Å²) in [6, 6.07) is 9.39. The number of benzene rings is 2. The van der Waals surface area contributed by atoms with Crippen molar-refractivity contribution in [1.29, 1.82) is 0 Å². The third-order valence-electron chi connectivity index (χ3n) is 4.00. The maximum atomic E-state index is 13.6. The maximum Gasteiger partial charge on any atom is 0.268 e. The average Bonchev–Trinajstić information content (AvgIpc) is 3.10. The zero-order valence-corrected chi connectivity index (χ0v) is 14.2. The smallest absolute Gasteiger partial charge is 0.268 e. The molecule has 0 amide bonds. The summed E-state index contributed by atoms with van der Waals surface area (Å²) in [5.41, 5.74) is -1.12. The van der Waals surface area contributed by atoms with Crippen molar-refractivity contribution in [2.75, 3.05) is 5.75 Å². The zero-order chi connectivity index (χ0) is 17.8. The van der Waals surface area contributed by atoms with Crippen LogP contribution in [0.3, 0.4) is 0 Å². The minimum Gasteiger partial charge on any atom is -0.456 e. The predicted octanol–water partition coefficient (Wildman–Crippen LogP) is 4.60. The molecule has 25 heavy (non-hydrogen) atoms. The molecule has 0 saturated carbocycles. The minimum absolute atomic E-state index is 0.210. The Morgan fingerprint density at radius 3 is 2.64 bits per heavy atom. The number of thiophene rings is 1. The van der Waals surface area contributed by atoms with Gasteiger partial charge in [-0.3, -0.25) is 4.79 Å². The predicted molar refractivity (Wildman–Crippen MR) is 89.7 cm³/mol. The first-order chi connectivity index (χ1) is 11.9. The summed E-state index contributed by atoms with van der Waals surface area (Å²) >= 11 is 1.48. The summed E-state index contributed by atoms with van der Waals surface area (Å²) < 4.78 is 57.8. The lowest BCUT2D eigenvalue weighted by Gasteiger charge is -2.14. The van der Waals surface area contributed by atoms with E-state index >= 15 is 0 Å². The van der Waals surface area contributed by atoms with Gasteiger partial charge in [0.1, 0.15) is 17.3 Å². The van der Waals surface area contributed by atoms with Gasteiger partial charge in [-0.2, -0.15) is 0 Å². The van der Waals surface area contributed by atoms with Gasteiger partial charge in [-0.1, -0.05) is 6.07 Å². The normalized spacial score (nSPS) is 15.7. The van der Waals surface area contributed by atoms with Crippen LogP contribution in [0, 0.1) is 0 Å². The molecule has 0 aliphatic carbocycles. The second-order valence-corrected chi connectivity index (χ2v) is 8.43. The van der Waals surface area contributed by atoms with Crippen LogP contribution in [0.1, 0.15) is 22.3 Å². The molecule has 0 N–H and O–H groups in total. The number of carbonyl (C=O) groups excluding carboxylic acids is 1. The molecule has 0 spiro atoms. The molecule has 0 bridgehead atoms. The van der Waals surface area contributed by atoms with E-state index in [2.05, 4.69) is 0 Å². The molecule has 3 aromatic rings. The van der Waals surface area contributed by atoms with Crippen LogP contribution in [0.5, 0.6) is 11.5 Å². The zero-order valence-electron chi connectivity index (χ0n) is 12.5. The number of ketones is 1. The first-order valence-corrected chi connectivity index (χ1v) is 9.77. The van der Waals surface area contributed by atoms with Crippen molar-refractivity contribution in [3.8, 4) is 11.5 Å². The van der Waals surface area contributed by atoms with Gasteiger partial charge in [-0.25, -0.2) is 17.2 Å². The fraction of sp³-hybridized carbons (Fsp3) is 0.118. The van der Waals surface area contributed by atoms with Gasteiger partial charge < -0.3 is 4.74 Å². The number of fused-ring (bicyclic) bond motifs is 2. The number of alkyl halides is 2. The van der Waals surface area contributed by atoms with Crippen LogP contribution >= 0.6 is 11.3 Å². The maximum absolute atomic E-state index is 13.6. The van der Waals surface area contributed by atoms with Crippen LogP contribution in [0.15, 0.2) is 46.7 Å². The quantitative estimate of drug-likeness (QED) is 0.666. The number of halogens is 2. The van der Waals surface area contributed by atoms with Crippen molar-refractivity contribution in [2.45, 2.75) is 11.3 Å². The van der Waals surface area contributed by atoms with Crippen molar-refractivity contribution in [2.24, 2.45) is 0 Å². The highest BCUT2D eigenvalue weighted by atomic mass is 32.2. The van der Waals surface area contributed by atoms with Gasteiger partial charge in [0.15, 0.2) is 15.6 Å². The summed E-state index contributed by atoms with van der Waals surface area (Å²) in [7, 11) is -3.86. The highest BCUT2D eigenvalue weighted by Gasteiger charge is 2.39. The number of hydrogen-bond donors (Lipinski definition) is 0. The van der Waals surface area contributed by atoms with E-state index in [0.717, 1.165) is 16.2 Å². The molecule has 4 rings (SSSR count). The van der Waals surface area contributed by atoms with E-state index in [9.17, 15) is 22.0 Å². The Morgan fingerprint density at radius 1 is 1.08 bits per heavy atom. The Morgan fingerprint density at radius 2 is 1.88 bits per heavy atom. The summed E-state index contributed by atoms with van der Waals surface area (Å²) in [5, 5.41) is 2.61. The van der Waals surface area contributed by atoms with E-state index in [-0.39, 0.29) is 10.6 Å². The fourth-order valence-corrected chi connectivity index (χ4v) is 5.19. The lowest BCUT2D eigenvalue weighted by molar-refractivity contribution is 0.100. The molecule has 1 aliphatic rings. The van der Waals surface area contributed by atoms with Gasteiger partial charge in [-0.15, -0.1) is 11.3 Å². The molecular formula is C17H10F2O4S2. The molecular weight excluding hydrogens is 370 g/mol. The number of sulfone groups is 1. The van der Waals surface area contributed by atoms with Crippen LogP contribution in [-0.2, 0) is 9.84 Å². The summed E-state index contributed by atoms with van der Waals surface area (Å²) in [5.74, 6) is -1.46. The molecule has 0 unspecified atom stereocenters. The van der Waals surface area contributed by atoms with Crippen molar-refractivity contribution in [1.82, 2.24) is 0 Å². The number of rotatable bonds is 3. The van der Waals surface area contributed by atoms with Gasteiger partial charge >= 0.3 is 0 Å². The SMILES string of the molecule is O=C1CS(=O)(=O)c2ccc(Oc3cccc4sccc34)c(C(F)F)c21. The van der Waals surface area contributed by atoms with Crippen LogP contribution < -0.4 is 4.74 Å². The van der Waals surface area contributed by atoms with Gasteiger partial charge in [0.05, 0.1) is 10.5 Å². The fourth-order valence-electron chi connectivity index (χ4n) is 2.93. The molecule has 0 atom stereocenters. The van der Waals surface area contributed by atoms with Crippen molar-refractivity contribution in [3.05, 3.63) is 52.9 Å². The van der Waals surface area contributed by atoms with E-state index in [1.54, 1.807) is 18.2 Å². The molecule has 8 heteroatoms. The van der Waals surface area contributed by atoms with E-state index in [1.165, 1.54) is 17.4 Å². The second kappa shape index (κ2) is 5.60. The monoisotopic (exact) mass is 380 g/mol. The van der Waals surface area contributed by atoms with E-state index < -0.39 is 38.9 Å². The van der Waals surface area contributed by atoms with Crippen LogP contribution in [0.2, 0.25) is 0 Å². The summed E-state index contributed by atoms with van der Waals surface area (Å²) in [4.78, 5) is 11.7. The minimum atomic E-state index is -3.86. The van der Waals surface area contributed by atoms with Gasteiger partial charge in [0.2, 0.25) is 0 Å². The molecule has 0 saturated heterocycles. The van der Waals surface area contributed by atoms with E-state index in [1.807, 2.05) is 11.4 Å². The van der Waals surface area contributed by atoms with Crippen molar-refractivity contribution in [3.63, 3.8) is 0 Å². The topological polar surface area (TPSA) is 60.4 Å². The molecule has 0 radical (unpaired) electrons. The van der Waals surface area contributed by atoms with Gasteiger partial charge in [-0.05, 0) is 35.7 Å². The molecule has 2 aromatic carbocycles. The number of hydrogen-bond acceptors (Lipinski definition) is 5. The van der Waals surface area contributed by atoms with Crippen LogP contribution in [-0.4, -0.2) is 20.0 Å². The molecule has 0 fully saturated rings. The van der Waals surface area contributed by atoms with Gasteiger partial charge in [0.25, 0.3) is 6.43 Å². The largest absolute Gasteiger partial charge is 0.456 e. The number of ether oxygens (including phenoxy) is 1. The molecule has 1 aromatic heterocycles. The first-order valence-electron chi connectivity index (χ1n) is 7.23.